The maximum Gasteiger partial charge on any atom is 0.239 e. The van der Waals surface area contributed by atoms with Crippen LogP contribution in [-0.2, 0) is 10.2 Å². The van der Waals surface area contributed by atoms with E-state index in [1.54, 1.807) is 13.2 Å². The van der Waals surface area contributed by atoms with Crippen molar-refractivity contribution in [3.63, 3.8) is 0 Å². The highest BCUT2D eigenvalue weighted by Gasteiger charge is 2.48. The number of carbonyl (C=O) groups is 1. The normalized spacial score (nSPS) is 20.0. The van der Waals surface area contributed by atoms with Gasteiger partial charge in [-0.1, -0.05) is 48.9 Å². The lowest BCUT2D eigenvalue weighted by atomic mass is 9.73. The van der Waals surface area contributed by atoms with Crippen molar-refractivity contribution in [2.45, 2.75) is 18.8 Å². The van der Waals surface area contributed by atoms with Gasteiger partial charge < -0.3 is 10.1 Å². The molecule has 1 amide bonds. The molecule has 1 heterocycles. The van der Waals surface area contributed by atoms with E-state index in [1.807, 2.05) is 43.3 Å². The van der Waals surface area contributed by atoms with Gasteiger partial charge in [-0.15, -0.1) is 0 Å². The summed E-state index contributed by atoms with van der Waals surface area (Å²) in [5.74, 6) is 0.653. The predicted molar refractivity (Wildman–Crippen MR) is 84.1 cm³/mol. The van der Waals surface area contributed by atoms with Crippen LogP contribution in [0.4, 0.5) is 5.69 Å². The summed E-state index contributed by atoms with van der Waals surface area (Å²) < 4.78 is 5.47. The molecule has 1 unspecified atom stereocenters. The summed E-state index contributed by atoms with van der Waals surface area (Å²) >= 11 is 6.23. The summed E-state index contributed by atoms with van der Waals surface area (Å²) in [6.45, 7) is 2.00. The lowest BCUT2D eigenvalue weighted by Gasteiger charge is -2.28. The van der Waals surface area contributed by atoms with Crippen LogP contribution in [0.2, 0.25) is 5.02 Å². The summed E-state index contributed by atoms with van der Waals surface area (Å²) in [6.07, 6.45) is 0.631. The van der Waals surface area contributed by atoms with E-state index < -0.39 is 5.41 Å². The Bertz CT molecular complexity index is 714. The van der Waals surface area contributed by atoms with Crippen molar-refractivity contribution in [2.75, 3.05) is 12.4 Å². The quantitative estimate of drug-likeness (QED) is 0.930. The second-order valence-corrected chi connectivity index (χ2v) is 5.48. The van der Waals surface area contributed by atoms with Crippen molar-refractivity contribution in [3.8, 4) is 5.75 Å². The topological polar surface area (TPSA) is 38.3 Å². The van der Waals surface area contributed by atoms with Gasteiger partial charge in [-0.25, -0.2) is 0 Å². The van der Waals surface area contributed by atoms with Gasteiger partial charge in [-0.3, -0.25) is 4.79 Å². The Balaban J connectivity index is 2.32. The zero-order valence-electron chi connectivity index (χ0n) is 11.9. The summed E-state index contributed by atoms with van der Waals surface area (Å²) in [4.78, 5) is 12.8. The van der Waals surface area contributed by atoms with Crippen LogP contribution in [0, 0.1) is 0 Å². The van der Waals surface area contributed by atoms with Crippen LogP contribution in [0.25, 0.3) is 0 Å². The molecular weight excluding hydrogens is 286 g/mol. The van der Waals surface area contributed by atoms with Gasteiger partial charge in [0, 0.05) is 5.56 Å². The molecule has 1 aliphatic rings. The van der Waals surface area contributed by atoms with Crippen molar-refractivity contribution in [1.82, 2.24) is 0 Å². The van der Waals surface area contributed by atoms with Crippen molar-refractivity contribution in [1.29, 1.82) is 0 Å². The molecule has 0 radical (unpaired) electrons. The van der Waals surface area contributed by atoms with Crippen LogP contribution < -0.4 is 10.1 Å². The third-order valence-electron chi connectivity index (χ3n) is 4.20. The number of fused-ring (bicyclic) bond motifs is 1. The zero-order valence-corrected chi connectivity index (χ0v) is 12.7. The van der Waals surface area contributed by atoms with E-state index in [9.17, 15) is 4.79 Å². The van der Waals surface area contributed by atoms with Crippen molar-refractivity contribution < 1.29 is 9.53 Å². The number of hydrogen-bond acceptors (Lipinski definition) is 2. The lowest BCUT2D eigenvalue weighted by molar-refractivity contribution is -0.119. The number of nitrogens with one attached hydrogen (secondary N) is 1. The molecule has 0 bridgehead atoms. The summed E-state index contributed by atoms with van der Waals surface area (Å²) in [5.41, 5.74) is 1.73. The maximum atomic E-state index is 12.8. The molecule has 0 saturated heterocycles. The second-order valence-electron chi connectivity index (χ2n) is 5.08. The largest absolute Gasteiger partial charge is 0.496 e. The monoisotopic (exact) mass is 301 g/mol. The van der Waals surface area contributed by atoms with Crippen molar-refractivity contribution >= 4 is 23.2 Å². The Morgan fingerprint density at radius 2 is 1.86 bits per heavy atom. The Morgan fingerprint density at radius 3 is 2.57 bits per heavy atom. The number of halogens is 1. The molecule has 1 atom stereocenters. The van der Waals surface area contributed by atoms with Gasteiger partial charge in [0.15, 0.2) is 0 Å². The highest BCUT2D eigenvalue weighted by atomic mass is 35.5. The predicted octanol–water partition coefficient (Wildman–Crippen LogP) is 4.00. The van der Waals surface area contributed by atoms with E-state index >= 15 is 0 Å². The van der Waals surface area contributed by atoms with E-state index in [4.69, 9.17) is 16.3 Å². The average molecular weight is 302 g/mol. The molecule has 0 aliphatic carbocycles. The minimum atomic E-state index is -0.757. The van der Waals surface area contributed by atoms with E-state index in [0.29, 0.717) is 22.9 Å². The van der Waals surface area contributed by atoms with E-state index in [0.717, 1.165) is 11.1 Å². The second kappa shape index (κ2) is 5.08. The molecule has 2 aromatic carbocycles. The fraction of sp³-hybridized carbons (Fsp3) is 0.235. The van der Waals surface area contributed by atoms with Gasteiger partial charge in [0.05, 0.1) is 17.8 Å². The fourth-order valence-corrected chi connectivity index (χ4v) is 3.38. The molecule has 2 aromatic rings. The number of para-hydroxylation sites is 2. The lowest BCUT2D eigenvalue weighted by Crippen LogP contribution is -2.35. The molecule has 4 heteroatoms. The third-order valence-corrected chi connectivity index (χ3v) is 4.51. The SMILES string of the molecule is CCC1(c2ccccc2OC)C(=O)Nc2c(Cl)cccc21. The van der Waals surface area contributed by atoms with Crippen LogP contribution in [-0.4, -0.2) is 13.0 Å². The number of benzene rings is 2. The molecule has 0 aromatic heterocycles. The molecule has 0 fully saturated rings. The van der Waals surface area contributed by atoms with E-state index in [1.165, 1.54) is 0 Å². The molecule has 1 N–H and O–H groups in total. The van der Waals surface area contributed by atoms with Crippen molar-refractivity contribution in [2.24, 2.45) is 0 Å². The number of amides is 1. The highest BCUT2D eigenvalue weighted by molar-refractivity contribution is 6.35. The Hall–Kier alpha value is -2.00. The summed E-state index contributed by atoms with van der Waals surface area (Å²) in [7, 11) is 1.62. The highest BCUT2D eigenvalue weighted by Crippen LogP contribution is 2.49. The van der Waals surface area contributed by atoms with Gasteiger partial charge in [0.2, 0.25) is 5.91 Å². The van der Waals surface area contributed by atoms with Gasteiger partial charge in [-0.05, 0) is 24.1 Å². The number of ether oxygens (including phenoxy) is 1. The number of carbonyl (C=O) groups excluding carboxylic acids is 1. The molecule has 3 rings (SSSR count). The molecule has 3 nitrogen and oxygen atoms in total. The first-order chi connectivity index (χ1) is 10.1. The maximum absolute atomic E-state index is 12.8. The summed E-state index contributed by atoms with van der Waals surface area (Å²) in [5, 5.41) is 3.49. The zero-order chi connectivity index (χ0) is 15.0. The molecular formula is C17H16ClNO2. The molecule has 0 saturated carbocycles. The number of methoxy groups -OCH3 is 1. The first-order valence-electron chi connectivity index (χ1n) is 6.89. The number of rotatable bonds is 3. The van der Waals surface area contributed by atoms with Crippen LogP contribution in [0.15, 0.2) is 42.5 Å². The van der Waals surface area contributed by atoms with Gasteiger partial charge in [-0.2, -0.15) is 0 Å². The fourth-order valence-electron chi connectivity index (χ4n) is 3.16. The first-order valence-corrected chi connectivity index (χ1v) is 7.27. The van der Waals surface area contributed by atoms with E-state index in [2.05, 4.69) is 5.32 Å². The molecule has 1 aliphatic heterocycles. The smallest absolute Gasteiger partial charge is 0.239 e. The third kappa shape index (κ3) is 1.84. The average Bonchev–Trinajstić information content (AvgIpc) is 2.81. The molecule has 0 spiro atoms. The Labute approximate surface area is 128 Å². The minimum absolute atomic E-state index is 0.0578. The molecule has 21 heavy (non-hydrogen) atoms. The number of hydrogen-bond donors (Lipinski definition) is 1. The van der Waals surface area contributed by atoms with Crippen LogP contribution in [0.1, 0.15) is 24.5 Å². The standard InChI is InChI=1S/C17H16ClNO2/c1-3-17(11-7-4-5-10-14(11)21-2)12-8-6-9-13(18)15(12)19-16(17)20/h4-10H,3H2,1-2H3,(H,19,20). The van der Waals surface area contributed by atoms with E-state index in [-0.39, 0.29) is 5.91 Å². The van der Waals surface area contributed by atoms with Crippen LogP contribution >= 0.6 is 11.6 Å². The Kier molecular flexibility index (Phi) is 3.38. The van der Waals surface area contributed by atoms with Crippen LogP contribution in [0.3, 0.4) is 0 Å². The van der Waals surface area contributed by atoms with Crippen LogP contribution in [0.5, 0.6) is 5.75 Å². The number of anilines is 1. The van der Waals surface area contributed by atoms with Gasteiger partial charge in [0.1, 0.15) is 11.2 Å². The Morgan fingerprint density at radius 1 is 1.14 bits per heavy atom. The minimum Gasteiger partial charge on any atom is -0.496 e. The van der Waals surface area contributed by atoms with Gasteiger partial charge in [0.25, 0.3) is 0 Å². The molecule has 108 valence electrons. The van der Waals surface area contributed by atoms with Crippen molar-refractivity contribution in [3.05, 3.63) is 58.6 Å². The first kappa shape index (κ1) is 14.0. The summed E-state index contributed by atoms with van der Waals surface area (Å²) in [6, 6.07) is 13.3. The van der Waals surface area contributed by atoms with Gasteiger partial charge >= 0.3 is 0 Å².